The number of carboxylic acids is 1. The number of nitrogens with one attached hydrogen (secondary N) is 1. The Kier molecular flexibility index (Phi) is 8.45. The maximum Gasteiger partial charge on any atom is 0.305 e. The first-order valence-corrected chi connectivity index (χ1v) is 13.8. The summed E-state index contributed by atoms with van der Waals surface area (Å²) in [5.74, 6) is 0.153. The van der Waals surface area contributed by atoms with Gasteiger partial charge in [-0.05, 0) is 77.9 Å². The Bertz CT molecular complexity index is 1760. The van der Waals surface area contributed by atoms with Crippen molar-refractivity contribution < 1.29 is 24.2 Å². The predicted octanol–water partition coefficient (Wildman–Crippen LogP) is 6.85. The molecule has 1 aromatic heterocycles. The number of amides is 1. The number of hydrogen-bond donors (Lipinski definition) is 2. The van der Waals surface area contributed by atoms with E-state index in [9.17, 15) is 9.59 Å². The van der Waals surface area contributed by atoms with E-state index < -0.39 is 5.97 Å². The van der Waals surface area contributed by atoms with E-state index in [1.807, 2.05) is 60.1 Å². The molecule has 42 heavy (non-hydrogen) atoms. The van der Waals surface area contributed by atoms with Gasteiger partial charge in [-0.25, -0.2) is 0 Å². The molecule has 0 unspecified atom stereocenters. The molecule has 0 radical (unpaired) electrons. The number of halogens is 1. The molecule has 8 nitrogen and oxygen atoms in total. The van der Waals surface area contributed by atoms with Crippen LogP contribution in [0.2, 0.25) is 5.02 Å². The highest BCUT2D eigenvalue weighted by atomic mass is 35.5. The minimum absolute atomic E-state index is 0.0680. The van der Waals surface area contributed by atoms with Gasteiger partial charge in [-0.1, -0.05) is 41.9 Å². The summed E-state index contributed by atoms with van der Waals surface area (Å²) in [5, 5.41) is 19.1. The molecule has 0 saturated carbocycles. The number of aliphatic carboxylic acids is 1. The first-order valence-electron chi connectivity index (χ1n) is 13.4. The molecule has 9 heteroatoms. The number of nitrogens with zero attached hydrogens (tertiary/aromatic N) is 2. The molecule has 5 rings (SSSR count). The highest BCUT2D eigenvalue weighted by molar-refractivity contribution is 6.31. The molecule has 4 aromatic carbocycles. The molecule has 0 aliphatic heterocycles. The van der Waals surface area contributed by atoms with Crippen molar-refractivity contribution >= 4 is 34.2 Å². The molecular weight excluding hydrogens is 554 g/mol. The van der Waals surface area contributed by atoms with E-state index in [0.29, 0.717) is 16.3 Å². The zero-order chi connectivity index (χ0) is 29.8. The third-order valence-corrected chi connectivity index (χ3v) is 7.35. The number of aromatic nitrogens is 2. The first kappa shape index (κ1) is 28.7. The van der Waals surface area contributed by atoms with E-state index in [1.165, 1.54) is 0 Å². The van der Waals surface area contributed by atoms with Crippen LogP contribution in [0.5, 0.6) is 11.5 Å². The molecular formula is C33H30ClN3O5. The Morgan fingerprint density at radius 2 is 1.60 bits per heavy atom. The van der Waals surface area contributed by atoms with Crippen LogP contribution in [0.1, 0.15) is 35.3 Å². The van der Waals surface area contributed by atoms with Gasteiger partial charge in [0.05, 0.1) is 38.1 Å². The third kappa shape index (κ3) is 6.24. The van der Waals surface area contributed by atoms with Crippen LogP contribution in [-0.2, 0) is 4.79 Å². The number of carbonyl (C=O) groups is 2. The van der Waals surface area contributed by atoms with Gasteiger partial charge >= 0.3 is 5.97 Å². The van der Waals surface area contributed by atoms with Gasteiger partial charge in [0, 0.05) is 28.3 Å². The minimum Gasteiger partial charge on any atom is -0.497 e. The SMILES string of the molecule is COc1cc(Cl)cc(-c2cc(-c3ccc4cc(OC)ccc4c3)n([C@@H](C)c3ccc(C(=O)NCCC(=O)O)cc3)n2)c1. The Morgan fingerprint density at radius 1 is 0.881 bits per heavy atom. The second-order valence-electron chi connectivity index (χ2n) is 9.86. The molecule has 214 valence electrons. The minimum atomic E-state index is -0.962. The quantitative estimate of drug-likeness (QED) is 0.186. The number of ether oxygens (including phenoxy) is 2. The normalized spacial score (nSPS) is 11.7. The number of carboxylic acid groups (broad SMARTS) is 1. The van der Waals surface area contributed by atoms with Gasteiger partial charge < -0.3 is 19.9 Å². The molecule has 1 heterocycles. The predicted molar refractivity (Wildman–Crippen MR) is 164 cm³/mol. The van der Waals surface area contributed by atoms with Crippen LogP contribution in [0.25, 0.3) is 33.3 Å². The molecule has 0 bridgehead atoms. The summed E-state index contributed by atoms with van der Waals surface area (Å²) in [6, 6.07) is 26.8. The average Bonchev–Trinajstić information content (AvgIpc) is 3.45. The van der Waals surface area contributed by atoms with E-state index in [2.05, 4.69) is 23.5 Å². The van der Waals surface area contributed by atoms with Crippen LogP contribution in [0.15, 0.2) is 84.9 Å². The zero-order valence-electron chi connectivity index (χ0n) is 23.4. The van der Waals surface area contributed by atoms with Crippen molar-refractivity contribution in [3.8, 4) is 34.0 Å². The Labute approximate surface area is 248 Å². The second kappa shape index (κ2) is 12.4. The lowest BCUT2D eigenvalue weighted by molar-refractivity contribution is -0.136. The van der Waals surface area contributed by atoms with Gasteiger partial charge in [0.15, 0.2) is 0 Å². The highest BCUT2D eigenvalue weighted by Gasteiger charge is 2.19. The summed E-state index contributed by atoms with van der Waals surface area (Å²) < 4.78 is 12.8. The number of hydrogen-bond acceptors (Lipinski definition) is 5. The third-order valence-electron chi connectivity index (χ3n) is 7.13. The van der Waals surface area contributed by atoms with Crippen LogP contribution < -0.4 is 14.8 Å². The lowest BCUT2D eigenvalue weighted by Crippen LogP contribution is -2.26. The molecule has 0 aliphatic carbocycles. The topological polar surface area (TPSA) is 103 Å². The van der Waals surface area contributed by atoms with Crippen LogP contribution in [0.4, 0.5) is 0 Å². The highest BCUT2D eigenvalue weighted by Crippen LogP contribution is 2.35. The summed E-state index contributed by atoms with van der Waals surface area (Å²) in [4.78, 5) is 23.2. The molecule has 0 fully saturated rings. The number of carbonyl (C=O) groups excluding carboxylic acids is 1. The maximum absolute atomic E-state index is 12.5. The van der Waals surface area contributed by atoms with E-state index in [1.54, 1.807) is 32.4 Å². The van der Waals surface area contributed by atoms with Gasteiger partial charge in [0.25, 0.3) is 5.91 Å². The van der Waals surface area contributed by atoms with Crippen molar-refractivity contribution in [1.29, 1.82) is 0 Å². The van der Waals surface area contributed by atoms with Crippen molar-refractivity contribution in [2.45, 2.75) is 19.4 Å². The molecule has 0 aliphatic rings. The van der Waals surface area contributed by atoms with Gasteiger partial charge in [0.1, 0.15) is 11.5 Å². The number of benzene rings is 4. The van der Waals surface area contributed by atoms with Crippen molar-refractivity contribution in [1.82, 2.24) is 15.1 Å². The van der Waals surface area contributed by atoms with E-state index >= 15 is 0 Å². The largest absolute Gasteiger partial charge is 0.497 e. The van der Waals surface area contributed by atoms with E-state index in [-0.39, 0.29) is 24.9 Å². The van der Waals surface area contributed by atoms with Crippen molar-refractivity contribution in [2.24, 2.45) is 0 Å². The summed E-state index contributed by atoms with van der Waals surface area (Å²) in [7, 11) is 3.25. The number of fused-ring (bicyclic) bond motifs is 1. The van der Waals surface area contributed by atoms with Crippen LogP contribution in [0.3, 0.4) is 0 Å². The van der Waals surface area contributed by atoms with Crippen molar-refractivity contribution in [3.63, 3.8) is 0 Å². The fraction of sp³-hybridized carbons (Fsp3) is 0.182. The number of rotatable bonds is 10. The summed E-state index contributed by atoms with van der Waals surface area (Å²) >= 11 is 6.39. The molecule has 1 atom stereocenters. The fourth-order valence-corrected chi connectivity index (χ4v) is 5.05. The van der Waals surface area contributed by atoms with Gasteiger partial charge in [-0.2, -0.15) is 5.10 Å². The Hall–Kier alpha value is -4.82. The molecule has 2 N–H and O–H groups in total. The van der Waals surface area contributed by atoms with E-state index in [0.717, 1.165) is 44.6 Å². The zero-order valence-corrected chi connectivity index (χ0v) is 24.2. The smallest absolute Gasteiger partial charge is 0.305 e. The van der Waals surface area contributed by atoms with E-state index in [4.69, 9.17) is 31.3 Å². The molecule has 0 saturated heterocycles. The fourth-order valence-electron chi connectivity index (χ4n) is 4.82. The van der Waals surface area contributed by atoms with Crippen LogP contribution >= 0.6 is 11.6 Å². The first-order chi connectivity index (χ1) is 20.2. The summed E-state index contributed by atoms with van der Waals surface area (Å²) in [5.41, 5.74) is 4.86. The average molecular weight is 584 g/mol. The standard InChI is InChI=1S/C33H30ClN3O5/c1-20(21-4-6-22(7-5-21)33(40)35-13-12-32(38)39)37-31(19-30(36-37)26-15-27(34)18-29(17-26)42-3)25-9-8-24-16-28(41-2)11-10-23(24)14-25/h4-11,14-20H,12-13H2,1-3H3,(H,35,40)(H,38,39)/t20-/m0/s1. The van der Waals surface area contributed by atoms with Crippen molar-refractivity contribution in [3.05, 3.63) is 101 Å². The monoisotopic (exact) mass is 583 g/mol. The lowest BCUT2D eigenvalue weighted by Gasteiger charge is -2.17. The Balaban J connectivity index is 1.53. The van der Waals surface area contributed by atoms with Gasteiger partial charge in [0.2, 0.25) is 0 Å². The molecule has 5 aromatic rings. The molecule has 0 spiro atoms. The maximum atomic E-state index is 12.5. The summed E-state index contributed by atoms with van der Waals surface area (Å²) in [6.07, 6.45) is -0.133. The Morgan fingerprint density at radius 3 is 2.31 bits per heavy atom. The van der Waals surface area contributed by atoms with Gasteiger partial charge in [-0.3, -0.25) is 14.3 Å². The number of methoxy groups -OCH3 is 2. The summed E-state index contributed by atoms with van der Waals surface area (Å²) in [6.45, 7) is 2.12. The van der Waals surface area contributed by atoms with Crippen LogP contribution in [0, 0.1) is 0 Å². The van der Waals surface area contributed by atoms with Crippen LogP contribution in [-0.4, -0.2) is 47.5 Å². The lowest BCUT2D eigenvalue weighted by atomic mass is 10.0. The van der Waals surface area contributed by atoms with Gasteiger partial charge in [-0.15, -0.1) is 0 Å². The second-order valence-corrected chi connectivity index (χ2v) is 10.3. The molecule has 1 amide bonds. The van der Waals surface area contributed by atoms with Crippen molar-refractivity contribution in [2.75, 3.05) is 20.8 Å².